The van der Waals surface area contributed by atoms with E-state index in [4.69, 9.17) is 4.74 Å². The lowest BCUT2D eigenvalue weighted by atomic mass is 9.98. The van der Waals surface area contributed by atoms with Crippen LogP contribution >= 0.6 is 0 Å². The Kier molecular flexibility index (Phi) is 7.70. The molecule has 0 N–H and O–H groups in total. The summed E-state index contributed by atoms with van der Waals surface area (Å²) in [6.07, 6.45) is 4.06. The molecule has 0 aromatic heterocycles. The molecule has 0 fully saturated rings. The Balaban J connectivity index is 1.85. The Morgan fingerprint density at radius 1 is 1.04 bits per heavy atom. The van der Waals surface area contributed by atoms with Gasteiger partial charge in [-0.15, -0.1) is 0 Å². The van der Waals surface area contributed by atoms with Gasteiger partial charge in [-0.3, -0.25) is 4.90 Å². The van der Waals surface area contributed by atoms with Crippen molar-refractivity contribution in [1.29, 1.82) is 0 Å². The highest BCUT2D eigenvalue weighted by molar-refractivity contribution is 5.29. The number of allylic oxidation sites excluding steroid dienone is 1. The molecule has 0 unspecified atom stereocenters. The lowest BCUT2D eigenvalue weighted by molar-refractivity contribution is 0.304. The van der Waals surface area contributed by atoms with E-state index in [0.717, 1.165) is 18.8 Å². The average Bonchev–Trinajstić information content (AvgIpc) is 2.59. The molecule has 0 aliphatic rings. The first-order chi connectivity index (χ1) is 12.8. The molecular formula is C25H31NO. The van der Waals surface area contributed by atoms with Crippen LogP contribution in [0.25, 0.3) is 0 Å². The summed E-state index contributed by atoms with van der Waals surface area (Å²) < 4.78 is 5.96. The summed E-state index contributed by atoms with van der Waals surface area (Å²) in [5.41, 5.74) is 3.74. The molecule has 27 heavy (non-hydrogen) atoms. The fourth-order valence-electron chi connectivity index (χ4n) is 2.63. The summed E-state index contributed by atoms with van der Waals surface area (Å²) in [6, 6.07) is 16.8. The highest BCUT2D eigenvalue weighted by Gasteiger charge is 2.03. The van der Waals surface area contributed by atoms with Crippen molar-refractivity contribution in [3.8, 4) is 17.6 Å². The van der Waals surface area contributed by atoms with Crippen LogP contribution in [-0.4, -0.2) is 18.5 Å². The van der Waals surface area contributed by atoms with Gasteiger partial charge in [-0.05, 0) is 64.1 Å². The highest BCUT2D eigenvalue weighted by atomic mass is 16.5. The SMILES string of the molecule is Cc1cccc(COc2cccc(CN(C)CC=CC#CC(C)(C)C)c2)c1. The van der Waals surface area contributed by atoms with Crippen LogP contribution in [0.2, 0.25) is 0 Å². The van der Waals surface area contributed by atoms with E-state index in [0.29, 0.717) is 6.61 Å². The van der Waals surface area contributed by atoms with Gasteiger partial charge >= 0.3 is 0 Å². The minimum absolute atomic E-state index is 0.0507. The van der Waals surface area contributed by atoms with Crippen molar-refractivity contribution in [2.24, 2.45) is 5.41 Å². The van der Waals surface area contributed by atoms with Crippen molar-refractivity contribution >= 4 is 0 Å². The van der Waals surface area contributed by atoms with E-state index >= 15 is 0 Å². The molecule has 142 valence electrons. The number of nitrogens with zero attached hydrogens (tertiary/aromatic N) is 1. The normalized spacial score (nSPS) is 11.5. The first kappa shape index (κ1) is 20.8. The molecule has 0 heterocycles. The number of likely N-dealkylation sites (N-methyl/N-ethyl adjacent to an activating group) is 1. The van der Waals surface area contributed by atoms with Crippen LogP contribution in [-0.2, 0) is 13.2 Å². The molecule has 2 heteroatoms. The molecule has 2 aromatic carbocycles. The third-order valence-electron chi connectivity index (χ3n) is 3.90. The maximum Gasteiger partial charge on any atom is 0.120 e. The average molecular weight is 362 g/mol. The first-order valence-corrected chi connectivity index (χ1v) is 9.45. The van der Waals surface area contributed by atoms with E-state index in [1.54, 1.807) is 0 Å². The molecule has 0 saturated heterocycles. The van der Waals surface area contributed by atoms with Crippen molar-refractivity contribution in [3.05, 3.63) is 77.4 Å². The zero-order valence-corrected chi connectivity index (χ0v) is 17.3. The second-order valence-corrected chi connectivity index (χ2v) is 8.04. The standard InChI is InChI=1S/C25H31NO/c1-21-11-9-13-23(17-21)20-27-24-14-10-12-22(18-24)19-26(5)16-8-6-7-15-25(2,3)4/h6,8-14,17-18H,16,19-20H2,1-5H3. The summed E-state index contributed by atoms with van der Waals surface area (Å²) in [5, 5.41) is 0. The zero-order valence-electron chi connectivity index (χ0n) is 17.3. The summed E-state index contributed by atoms with van der Waals surface area (Å²) in [6.45, 7) is 10.8. The topological polar surface area (TPSA) is 12.5 Å². The molecule has 0 amide bonds. The van der Waals surface area contributed by atoms with Gasteiger partial charge < -0.3 is 4.74 Å². The predicted molar refractivity (Wildman–Crippen MR) is 115 cm³/mol. The molecular weight excluding hydrogens is 330 g/mol. The molecule has 2 aromatic rings. The number of rotatable bonds is 7. The van der Waals surface area contributed by atoms with Gasteiger partial charge in [0.25, 0.3) is 0 Å². The smallest absolute Gasteiger partial charge is 0.120 e. The summed E-state index contributed by atoms with van der Waals surface area (Å²) >= 11 is 0. The van der Waals surface area contributed by atoms with Crippen LogP contribution in [0.5, 0.6) is 5.75 Å². The first-order valence-electron chi connectivity index (χ1n) is 9.45. The minimum Gasteiger partial charge on any atom is -0.489 e. The maximum absolute atomic E-state index is 5.96. The van der Waals surface area contributed by atoms with E-state index in [-0.39, 0.29) is 5.41 Å². The number of ether oxygens (including phenoxy) is 1. The Labute approximate surface area is 164 Å². The largest absolute Gasteiger partial charge is 0.489 e. The maximum atomic E-state index is 5.96. The minimum atomic E-state index is 0.0507. The Hall–Kier alpha value is -2.50. The molecule has 0 spiro atoms. The second kappa shape index (κ2) is 10.00. The van der Waals surface area contributed by atoms with Crippen molar-refractivity contribution in [2.75, 3.05) is 13.6 Å². The van der Waals surface area contributed by atoms with E-state index in [2.05, 4.69) is 100 Å². The van der Waals surface area contributed by atoms with Crippen LogP contribution in [0.4, 0.5) is 0 Å². The van der Waals surface area contributed by atoms with E-state index < -0.39 is 0 Å². The number of aryl methyl sites for hydroxylation is 1. The zero-order chi connectivity index (χ0) is 19.7. The molecule has 0 saturated carbocycles. The van der Waals surface area contributed by atoms with Gasteiger partial charge in [0.05, 0.1) is 0 Å². The van der Waals surface area contributed by atoms with Crippen LogP contribution < -0.4 is 4.74 Å². The summed E-state index contributed by atoms with van der Waals surface area (Å²) in [7, 11) is 2.11. The van der Waals surface area contributed by atoms with E-state index in [9.17, 15) is 0 Å². The Bertz CT molecular complexity index is 818. The summed E-state index contributed by atoms with van der Waals surface area (Å²) in [4.78, 5) is 2.26. The molecule has 2 rings (SSSR count). The highest BCUT2D eigenvalue weighted by Crippen LogP contribution is 2.17. The quantitative estimate of drug-likeness (QED) is 0.594. The van der Waals surface area contributed by atoms with Crippen LogP contribution in [0.1, 0.15) is 37.5 Å². The fraction of sp³-hybridized carbons (Fsp3) is 0.360. The molecule has 0 aliphatic carbocycles. The van der Waals surface area contributed by atoms with Gasteiger partial charge in [0.15, 0.2) is 0 Å². The monoisotopic (exact) mass is 361 g/mol. The number of hydrogen-bond donors (Lipinski definition) is 0. The van der Waals surface area contributed by atoms with Gasteiger partial charge in [0.1, 0.15) is 12.4 Å². The lowest BCUT2D eigenvalue weighted by Crippen LogP contribution is -2.17. The van der Waals surface area contributed by atoms with Crippen LogP contribution in [0, 0.1) is 24.2 Å². The predicted octanol–water partition coefficient (Wildman–Crippen LogP) is 5.61. The van der Waals surface area contributed by atoms with Crippen LogP contribution in [0.15, 0.2) is 60.7 Å². The van der Waals surface area contributed by atoms with Gasteiger partial charge in [-0.2, -0.15) is 0 Å². The van der Waals surface area contributed by atoms with Gasteiger partial charge in [0, 0.05) is 18.5 Å². The van der Waals surface area contributed by atoms with Crippen molar-refractivity contribution in [1.82, 2.24) is 4.90 Å². The molecule has 0 atom stereocenters. The lowest BCUT2D eigenvalue weighted by Gasteiger charge is -2.15. The molecule has 0 radical (unpaired) electrons. The van der Waals surface area contributed by atoms with Crippen molar-refractivity contribution < 1.29 is 4.74 Å². The Morgan fingerprint density at radius 3 is 2.52 bits per heavy atom. The van der Waals surface area contributed by atoms with E-state index in [1.807, 2.05) is 12.1 Å². The second-order valence-electron chi connectivity index (χ2n) is 8.04. The molecule has 2 nitrogen and oxygen atoms in total. The van der Waals surface area contributed by atoms with Gasteiger partial charge in [-0.25, -0.2) is 0 Å². The Morgan fingerprint density at radius 2 is 1.78 bits per heavy atom. The van der Waals surface area contributed by atoms with Crippen LogP contribution in [0.3, 0.4) is 0 Å². The molecule has 0 aliphatic heterocycles. The van der Waals surface area contributed by atoms with Crippen molar-refractivity contribution in [2.45, 2.75) is 40.8 Å². The number of benzene rings is 2. The molecule has 0 bridgehead atoms. The van der Waals surface area contributed by atoms with Gasteiger partial charge in [0.2, 0.25) is 0 Å². The number of hydrogen-bond acceptors (Lipinski definition) is 2. The summed E-state index contributed by atoms with van der Waals surface area (Å²) in [5.74, 6) is 7.24. The fourth-order valence-corrected chi connectivity index (χ4v) is 2.63. The van der Waals surface area contributed by atoms with Gasteiger partial charge in [-0.1, -0.05) is 59.9 Å². The van der Waals surface area contributed by atoms with E-state index in [1.165, 1.54) is 16.7 Å². The van der Waals surface area contributed by atoms with Crippen molar-refractivity contribution in [3.63, 3.8) is 0 Å². The third kappa shape index (κ3) is 8.62. The third-order valence-corrected chi connectivity index (χ3v) is 3.90.